The topological polar surface area (TPSA) is 48.1 Å². The van der Waals surface area contributed by atoms with Crippen molar-refractivity contribution in [3.63, 3.8) is 0 Å². The Balaban J connectivity index is 2.32. The van der Waals surface area contributed by atoms with Gasteiger partial charge in [-0.1, -0.05) is 12.2 Å². The van der Waals surface area contributed by atoms with Crippen molar-refractivity contribution in [2.45, 2.75) is 13.8 Å². The Hall–Kier alpha value is -2.34. The molecule has 6 heteroatoms. The molecule has 0 radical (unpaired) electrons. The van der Waals surface area contributed by atoms with Crippen molar-refractivity contribution in [2.24, 2.45) is 10.1 Å². The second-order valence-electron chi connectivity index (χ2n) is 5.10. The van der Waals surface area contributed by atoms with Crippen molar-refractivity contribution in [3.05, 3.63) is 51.8 Å². The number of nitrogens with zero attached hydrogens (tertiary/aromatic N) is 3. The Bertz CT molecular complexity index is 787. The molecule has 2 aromatic rings. The van der Waals surface area contributed by atoms with Gasteiger partial charge in [-0.2, -0.15) is 5.10 Å². The van der Waals surface area contributed by atoms with E-state index in [0.29, 0.717) is 18.0 Å². The van der Waals surface area contributed by atoms with Crippen LogP contribution in [0.3, 0.4) is 0 Å². The van der Waals surface area contributed by atoms with Crippen molar-refractivity contribution >= 4 is 17.6 Å². The lowest BCUT2D eigenvalue weighted by Crippen LogP contribution is -2.13. The van der Waals surface area contributed by atoms with Gasteiger partial charge in [0.05, 0.1) is 32.7 Å². The van der Waals surface area contributed by atoms with Crippen molar-refractivity contribution in [3.8, 4) is 11.5 Å². The average Bonchev–Trinajstić information content (AvgIpc) is 2.90. The number of hydrogen-bond donors (Lipinski definition) is 0. The summed E-state index contributed by atoms with van der Waals surface area (Å²) in [6.07, 6.45) is 1.78. The minimum absolute atomic E-state index is 0.603. The van der Waals surface area contributed by atoms with Crippen LogP contribution in [0.2, 0.25) is 0 Å². The van der Waals surface area contributed by atoms with Crippen LogP contribution < -0.4 is 14.3 Å². The zero-order valence-electron chi connectivity index (χ0n) is 13.9. The third-order valence-electron chi connectivity index (χ3n) is 3.06. The first kappa shape index (κ1) is 17.0. The van der Waals surface area contributed by atoms with Crippen LogP contribution >= 0.6 is 11.3 Å². The molecule has 2 rings (SSSR count). The quantitative estimate of drug-likeness (QED) is 0.603. The highest BCUT2D eigenvalue weighted by atomic mass is 32.1. The molecule has 0 saturated heterocycles. The van der Waals surface area contributed by atoms with Gasteiger partial charge >= 0.3 is 0 Å². The van der Waals surface area contributed by atoms with E-state index < -0.39 is 0 Å². The summed E-state index contributed by atoms with van der Waals surface area (Å²) in [6.45, 7) is 8.44. The van der Waals surface area contributed by atoms with Gasteiger partial charge in [-0.25, -0.2) is 4.68 Å². The van der Waals surface area contributed by atoms with Gasteiger partial charge < -0.3 is 9.47 Å². The van der Waals surface area contributed by atoms with Crippen molar-refractivity contribution in [1.82, 2.24) is 4.68 Å². The number of benzene rings is 1. The van der Waals surface area contributed by atoms with Gasteiger partial charge in [-0.3, -0.25) is 4.99 Å². The number of methoxy groups -OCH3 is 2. The molecule has 0 spiro atoms. The van der Waals surface area contributed by atoms with Crippen LogP contribution in [0.5, 0.6) is 11.5 Å². The van der Waals surface area contributed by atoms with Gasteiger partial charge in [0, 0.05) is 5.38 Å². The van der Waals surface area contributed by atoms with Gasteiger partial charge in [-0.15, -0.1) is 11.3 Å². The molecule has 0 aliphatic heterocycles. The van der Waals surface area contributed by atoms with Crippen LogP contribution in [0.15, 0.2) is 45.8 Å². The van der Waals surface area contributed by atoms with Crippen LogP contribution in [0.25, 0.3) is 0 Å². The molecule has 0 fully saturated rings. The maximum absolute atomic E-state index is 5.31. The van der Waals surface area contributed by atoms with E-state index in [1.165, 1.54) is 0 Å². The van der Waals surface area contributed by atoms with Crippen LogP contribution in [-0.2, 0) is 0 Å². The molecule has 0 unspecified atom stereocenters. The molecule has 5 nitrogen and oxygen atoms in total. The first-order valence-corrected chi connectivity index (χ1v) is 8.01. The molecule has 23 heavy (non-hydrogen) atoms. The largest absolute Gasteiger partial charge is 0.493 e. The van der Waals surface area contributed by atoms with E-state index in [-0.39, 0.29) is 0 Å². The lowest BCUT2D eigenvalue weighted by atomic mass is 10.2. The number of ether oxygens (including phenoxy) is 2. The van der Waals surface area contributed by atoms with Crippen LogP contribution in [0.4, 0.5) is 0 Å². The molecular weight excluding hydrogens is 310 g/mol. The molecule has 0 atom stereocenters. The molecule has 0 bridgehead atoms. The van der Waals surface area contributed by atoms with Gasteiger partial charge in [0.15, 0.2) is 11.5 Å². The number of rotatable bonds is 6. The van der Waals surface area contributed by atoms with Crippen LogP contribution in [-0.4, -0.2) is 31.7 Å². The maximum atomic E-state index is 5.31. The Morgan fingerprint density at radius 3 is 2.70 bits per heavy atom. The Morgan fingerprint density at radius 1 is 1.30 bits per heavy atom. The SMILES string of the molecule is C=C(C)CN=c1scc(C)n1N=Cc1ccc(OC)c(OC)c1. The van der Waals surface area contributed by atoms with E-state index in [4.69, 9.17) is 9.47 Å². The highest BCUT2D eigenvalue weighted by molar-refractivity contribution is 7.07. The molecule has 0 amide bonds. The van der Waals surface area contributed by atoms with Crippen LogP contribution in [0, 0.1) is 6.92 Å². The fraction of sp³-hybridized carbons (Fsp3) is 0.294. The average molecular weight is 331 g/mol. The fourth-order valence-electron chi connectivity index (χ4n) is 1.89. The smallest absolute Gasteiger partial charge is 0.206 e. The van der Waals surface area contributed by atoms with E-state index in [1.807, 2.05) is 42.1 Å². The number of thiazole rings is 1. The van der Waals surface area contributed by atoms with E-state index in [0.717, 1.165) is 21.6 Å². The third-order valence-corrected chi connectivity index (χ3v) is 4.04. The minimum Gasteiger partial charge on any atom is -0.493 e. The lowest BCUT2D eigenvalue weighted by Gasteiger charge is -2.07. The monoisotopic (exact) mass is 331 g/mol. The summed E-state index contributed by atoms with van der Waals surface area (Å²) in [5, 5.41) is 6.56. The summed E-state index contributed by atoms with van der Waals surface area (Å²) in [6, 6.07) is 5.67. The zero-order valence-corrected chi connectivity index (χ0v) is 14.7. The van der Waals surface area contributed by atoms with Crippen molar-refractivity contribution in [2.75, 3.05) is 20.8 Å². The lowest BCUT2D eigenvalue weighted by molar-refractivity contribution is 0.355. The Morgan fingerprint density at radius 2 is 2.04 bits per heavy atom. The van der Waals surface area contributed by atoms with Gasteiger partial charge in [-0.05, 0) is 37.6 Å². The summed E-state index contributed by atoms with van der Waals surface area (Å²) < 4.78 is 12.4. The molecule has 0 saturated carbocycles. The number of aromatic nitrogens is 1. The molecule has 0 aliphatic carbocycles. The zero-order chi connectivity index (χ0) is 16.8. The molecule has 1 aromatic carbocycles. The number of hydrogen-bond acceptors (Lipinski definition) is 5. The molecule has 122 valence electrons. The summed E-state index contributed by atoms with van der Waals surface area (Å²) in [5.74, 6) is 1.37. The van der Waals surface area contributed by atoms with E-state index in [2.05, 4.69) is 16.7 Å². The van der Waals surface area contributed by atoms with E-state index >= 15 is 0 Å². The Kier molecular flexibility index (Phi) is 5.76. The first-order chi connectivity index (χ1) is 11.0. The highest BCUT2D eigenvalue weighted by Crippen LogP contribution is 2.26. The summed E-state index contributed by atoms with van der Waals surface area (Å²) in [5.41, 5.74) is 2.98. The Labute approximate surface area is 140 Å². The normalized spacial score (nSPS) is 11.9. The molecule has 0 N–H and O–H groups in total. The maximum Gasteiger partial charge on any atom is 0.206 e. The van der Waals surface area contributed by atoms with Crippen molar-refractivity contribution in [1.29, 1.82) is 0 Å². The minimum atomic E-state index is 0.603. The molecular formula is C17H21N3O2S. The van der Waals surface area contributed by atoms with E-state index in [1.54, 1.807) is 31.8 Å². The second kappa shape index (κ2) is 7.78. The fourth-order valence-corrected chi connectivity index (χ4v) is 2.70. The molecule has 0 aliphatic rings. The van der Waals surface area contributed by atoms with Gasteiger partial charge in [0.2, 0.25) is 4.80 Å². The predicted octanol–water partition coefficient (Wildman–Crippen LogP) is 3.23. The van der Waals surface area contributed by atoms with Crippen LogP contribution in [0.1, 0.15) is 18.2 Å². The summed E-state index contributed by atoms with van der Waals surface area (Å²) in [7, 11) is 3.23. The molecule has 1 aromatic heterocycles. The summed E-state index contributed by atoms with van der Waals surface area (Å²) in [4.78, 5) is 5.37. The highest BCUT2D eigenvalue weighted by Gasteiger charge is 2.04. The van der Waals surface area contributed by atoms with E-state index in [9.17, 15) is 0 Å². The molecule has 1 heterocycles. The second-order valence-corrected chi connectivity index (χ2v) is 5.94. The van der Waals surface area contributed by atoms with Gasteiger partial charge in [0.25, 0.3) is 0 Å². The third kappa shape index (κ3) is 4.32. The summed E-state index contributed by atoms with van der Waals surface area (Å²) >= 11 is 1.56. The van der Waals surface area contributed by atoms with Gasteiger partial charge in [0.1, 0.15) is 0 Å². The predicted molar refractivity (Wildman–Crippen MR) is 94.8 cm³/mol. The first-order valence-electron chi connectivity index (χ1n) is 7.13. The standard InChI is InChI=1S/C17H21N3O2S/c1-12(2)9-18-17-20(13(3)11-23-17)19-10-14-6-7-15(21-4)16(8-14)22-5/h6-8,10-11H,1,9H2,2-5H3. The van der Waals surface area contributed by atoms with Crippen molar-refractivity contribution < 1.29 is 9.47 Å². The number of aryl methyl sites for hydroxylation is 1.